The second kappa shape index (κ2) is 6.18. The highest BCUT2D eigenvalue weighted by Gasteiger charge is 2.63. The Labute approximate surface area is 132 Å². The smallest absolute Gasteiger partial charge is 0.0853 e. The van der Waals surface area contributed by atoms with Crippen LogP contribution in [-0.2, 0) is 9.47 Å². The second-order valence-corrected chi connectivity index (χ2v) is 8.03. The van der Waals surface area contributed by atoms with Crippen molar-refractivity contribution in [3.05, 3.63) is 0 Å². The fourth-order valence-corrected chi connectivity index (χ4v) is 5.98. The molecule has 0 saturated heterocycles. The lowest BCUT2D eigenvalue weighted by Gasteiger charge is -2.48. The van der Waals surface area contributed by atoms with Crippen LogP contribution in [0.15, 0.2) is 0 Å². The van der Waals surface area contributed by atoms with Gasteiger partial charge in [-0.2, -0.15) is 0 Å². The first-order valence-corrected chi connectivity index (χ1v) is 9.24. The molecule has 2 aliphatic carbocycles. The van der Waals surface area contributed by atoms with E-state index in [1.165, 1.54) is 19.3 Å². The van der Waals surface area contributed by atoms with Crippen LogP contribution in [0.25, 0.3) is 0 Å². The number of hydrogen-bond acceptors (Lipinski definition) is 2. The van der Waals surface area contributed by atoms with Gasteiger partial charge in [0, 0.05) is 11.0 Å². The standard InChI is InChI=1S/C16H29IO2/c1-12(2)10-18-7-8-19-16(11-17)14-6-5-13(9-14)15(16,3)4/h12-14H,5-11H2,1-4H3. The van der Waals surface area contributed by atoms with Crippen molar-refractivity contribution >= 4 is 22.6 Å². The van der Waals surface area contributed by atoms with Crippen LogP contribution in [-0.4, -0.2) is 29.8 Å². The van der Waals surface area contributed by atoms with Crippen molar-refractivity contribution in [2.24, 2.45) is 23.2 Å². The summed E-state index contributed by atoms with van der Waals surface area (Å²) in [5.41, 5.74) is 0.423. The summed E-state index contributed by atoms with van der Waals surface area (Å²) in [4.78, 5) is 0. The highest BCUT2D eigenvalue weighted by molar-refractivity contribution is 14.1. The van der Waals surface area contributed by atoms with Gasteiger partial charge in [0.05, 0.1) is 18.8 Å². The zero-order chi connectivity index (χ0) is 14.1. The highest BCUT2D eigenvalue weighted by atomic mass is 127. The van der Waals surface area contributed by atoms with Crippen molar-refractivity contribution in [1.82, 2.24) is 0 Å². The molecule has 0 aromatic heterocycles. The maximum absolute atomic E-state index is 6.44. The first-order chi connectivity index (χ1) is 8.94. The van der Waals surface area contributed by atoms with Gasteiger partial charge in [0.15, 0.2) is 0 Å². The summed E-state index contributed by atoms with van der Waals surface area (Å²) in [6.45, 7) is 11.6. The lowest BCUT2D eigenvalue weighted by Crippen LogP contribution is -2.53. The monoisotopic (exact) mass is 380 g/mol. The Bertz CT molecular complexity index is 303. The van der Waals surface area contributed by atoms with Crippen molar-refractivity contribution in [2.45, 2.75) is 52.6 Å². The molecule has 0 spiro atoms. The predicted octanol–water partition coefficient (Wildman–Crippen LogP) is 4.31. The minimum Gasteiger partial charge on any atom is -0.379 e. The van der Waals surface area contributed by atoms with Crippen molar-refractivity contribution in [3.63, 3.8) is 0 Å². The maximum atomic E-state index is 6.44. The average molecular weight is 380 g/mol. The third-order valence-electron chi connectivity index (χ3n) is 5.44. The summed E-state index contributed by atoms with van der Waals surface area (Å²) < 4.78 is 13.2. The van der Waals surface area contributed by atoms with Gasteiger partial charge in [-0.3, -0.25) is 0 Å². The number of alkyl halides is 1. The summed E-state index contributed by atoms with van der Waals surface area (Å²) in [7, 11) is 0. The van der Waals surface area contributed by atoms with E-state index in [0.717, 1.165) is 36.1 Å². The van der Waals surface area contributed by atoms with E-state index in [1.807, 2.05) is 0 Å². The molecule has 3 atom stereocenters. The number of hydrogen-bond donors (Lipinski definition) is 0. The van der Waals surface area contributed by atoms with Crippen molar-refractivity contribution < 1.29 is 9.47 Å². The van der Waals surface area contributed by atoms with Crippen molar-refractivity contribution in [3.8, 4) is 0 Å². The van der Waals surface area contributed by atoms with Gasteiger partial charge < -0.3 is 9.47 Å². The summed E-state index contributed by atoms with van der Waals surface area (Å²) >= 11 is 2.53. The summed E-state index contributed by atoms with van der Waals surface area (Å²) in [6.07, 6.45) is 4.15. The summed E-state index contributed by atoms with van der Waals surface area (Å²) in [5.74, 6) is 2.25. The molecule has 112 valence electrons. The van der Waals surface area contributed by atoms with E-state index in [0.29, 0.717) is 11.3 Å². The highest BCUT2D eigenvalue weighted by Crippen LogP contribution is 2.63. The van der Waals surface area contributed by atoms with E-state index in [2.05, 4.69) is 50.3 Å². The minimum absolute atomic E-state index is 0.0949. The molecule has 3 heteroatoms. The Hall–Kier alpha value is 0.650. The van der Waals surface area contributed by atoms with Crippen LogP contribution in [0.5, 0.6) is 0 Å². The Morgan fingerprint density at radius 3 is 2.37 bits per heavy atom. The van der Waals surface area contributed by atoms with E-state index in [1.54, 1.807) is 0 Å². The molecule has 0 N–H and O–H groups in total. The van der Waals surface area contributed by atoms with Crippen LogP contribution in [0.2, 0.25) is 0 Å². The number of rotatable bonds is 7. The number of ether oxygens (including phenoxy) is 2. The third-order valence-corrected chi connectivity index (χ3v) is 6.57. The third kappa shape index (κ3) is 2.84. The first kappa shape index (κ1) is 16.0. The molecule has 0 heterocycles. The van der Waals surface area contributed by atoms with Gasteiger partial charge in [0.1, 0.15) is 0 Å². The van der Waals surface area contributed by atoms with Crippen LogP contribution in [0.1, 0.15) is 47.0 Å². The lowest BCUT2D eigenvalue weighted by molar-refractivity contribution is -0.146. The van der Waals surface area contributed by atoms with Crippen LogP contribution in [0.4, 0.5) is 0 Å². The molecule has 0 radical (unpaired) electrons. The minimum atomic E-state index is 0.0949. The Morgan fingerprint density at radius 2 is 1.84 bits per heavy atom. The zero-order valence-corrected chi connectivity index (χ0v) is 15.0. The molecule has 2 rings (SSSR count). The molecule has 0 aromatic rings. The molecule has 3 unspecified atom stereocenters. The SMILES string of the molecule is CC(C)COCCOC1(CI)C2CCC(C2)C1(C)C. The van der Waals surface area contributed by atoms with Gasteiger partial charge in [-0.05, 0) is 42.4 Å². The second-order valence-electron chi connectivity index (χ2n) is 7.27. The van der Waals surface area contributed by atoms with E-state index in [9.17, 15) is 0 Å². The Morgan fingerprint density at radius 1 is 1.16 bits per heavy atom. The maximum Gasteiger partial charge on any atom is 0.0853 e. The molecule has 2 aliphatic rings. The Kier molecular flexibility index (Phi) is 5.22. The fraction of sp³-hybridized carbons (Fsp3) is 1.00. The summed E-state index contributed by atoms with van der Waals surface area (Å²) in [6, 6.07) is 0. The van der Waals surface area contributed by atoms with E-state index >= 15 is 0 Å². The average Bonchev–Trinajstić information content (AvgIpc) is 2.89. The molecule has 0 amide bonds. The number of halogens is 1. The molecule has 2 bridgehead atoms. The predicted molar refractivity (Wildman–Crippen MR) is 87.8 cm³/mol. The normalized spacial score (nSPS) is 36.3. The van der Waals surface area contributed by atoms with E-state index in [-0.39, 0.29) is 5.60 Å². The molecule has 0 aliphatic heterocycles. The first-order valence-electron chi connectivity index (χ1n) is 7.71. The lowest BCUT2D eigenvalue weighted by atomic mass is 9.66. The van der Waals surface area contributed by atoms with Crippen molar-refractivity contribution in [2.75, 3.05) is 24.2 Å². The summed E-state index contributed by atoms with van der Waals surface area (Å²) in [5, 5.41) is 0. The molecule has 2 saturated carbocycles. The molecule has 2 fully saturated rings. The van der Waals surface area contributed by atoms with Gasteiger partial charge in [-0.1, -0.05) is 50.3 Å². The zero-order valence-electron chi connectivity index (χ0n) is 12.9. The van der Waals surface area contributed by atoms with Crippen molar-refractivity contribution in [1.29, 1.82) is 0 Å². The van der Waals surface area contributed by atoms with E-state index < -0.39 is 0 Å². The van der Waals surface area contributed by atoms with Crippen LogP contribution >= 0.6 is 22.6 Å². The quantitative estimate of drug-likeness (QED) is 0.372. The molecule has 0 aromatic carbocycles. The topological polar surface area (TPSA) is 18.5 Å². The molecular weight excluding hydrogens is 351 g/mol. The van der Waals surface area contributed by atoms with Gasteiger partial charge in [0.25, 0.3) is 0 Å². The molecule has 19 heavy (non-hydrogen) atoms. The van der Waals surface area contributed by atoms with Crippen LogP contribution in [0.3, 0.4) is 0 Å². The largest absolute Gasteiger partial charge is 0.379 e. The number of fused-ring (bicyclic) bond motifs is 2. The van der Waals surface area contributed by atoms with Gasteiger partial charge in [-0.15, -0.1) is 0 Å². The van der Waals surface area contributed by atoms with Crippen LogP contribution in [0, 0.1) is 23.2 Å². The van der Waals surface area contributed by atoms with Gasteiger partial charge in [0.2, 0.25) is 0 Å². The van der Waals surface area contributed by atoms with E-state index in [4.69, 9.17) is 9.47 Å². The fourth-order valence-electron chi connectivity index (χ4n) is 4.16. The van der Waals surface area contributed by atoms with Gasteiger partial charge >= 0.3 is 0 Å². The Balaban J connectivity index is 1.89. The molecular formula is C16H29IO2. The van der Waals surface area contributed by atoms with Crippen LogP contribution < -0.4 is 0 Å². The van der Waals surface area contributed by atoms with Gasteiger partial charge in [-0.25, -0.2) is 0 Å². The molecule has 2 nitrogen and oxygen atoms in total.